The SMILES string of the molecule is CCNC(CC(C)CC)C1CCCCC1C(F)(F)F. The molecule has 0 aromatic heterocycles. The third-order valence-corrected chi connectivity index (χ3v) is 4.58. The van der Waals surface area contributed by atoms with Crippen molar-refractivity contribution in [3.8, 4) is 0 Å². The molecule has 1 aliphatic carbocycles. The maximum absolute atomic E-state index is 13.2. The molecule has 4 atom stereocenters. The highest BCUT2D eigenvalue weighted by molar-refractivity contribution is 4.89. The zero-order valence-electron chi connectivity index (χ0n) is 12.4. The maximum atomic E-state index is 13.2. The van der Waals surface area contributed by atoms with E-state index in [0.29, 0.717) is 12.3 Å². The van der Waals surface area contributed by atoms with Gasteiger partial charge in [0.1, 0.15) is 0 Å². The smallest absolute Gasteiger partial charge is 0.314 e. The van der Waals surface area contributed by atoms with E-state index >= 15 is 0 Å². The van der Waals surface area contributed by atoms with Crippen LogP contribution in [0.3, 0.4) is 0 Å². The van der Waals surface area contributed by atoms with E-state index in [-0.39, 0.29) is 12.0 Å². The van der Waals surface area contributed by atoms with Crippen molar-refractivity contribution < 1.29 is 13.2 Å². The molecular weight excluding hydrogens is 251 g/mol. The number of hydrogen-bond donors (Lipinski definition) is 1. The summed E-state index contributed by atoms with van der Waals surface area (Å²) in [4.78, 5) is 0. The number of rotatable bonds is 6. The van der Waals surface area contributed by atoms with Crippen LogP contribution in [-0.4, -0.2) is 18.8 Å². The third-order valence-electron chi connectivity index (χ3n) is 4.58. The van der Waals surface area contributed by atoms with Gasteiger partial charge in [0.05, 0.1) is 5.92 Å². The van der Waals surface area contributed by atoms with Gasteiger partial charge in [0.15, 0.2) is 0 Å². The molecule has 0 spiro atoms. The van der Waals surface area contributed by atoms with Gasteiger partial charge in [-0.05, 0) is 37.6 Å². The molecule has 1 N–H and O–H groups in total. The molecule has 4 unspecified atom stereocenters. The van der Waals surface area contributed by atoms with E-state index in [0.717, 1.165) is 38.6 Å². The zero-order valence-corrected chi connectivity index (χ0v) is 12.4. The standard InChI is InChI=1S/C15H28F3N/c1-4-11(3)10-14(19-5-2)12-8-6-7-9-13(12)15(16,17)18/h11-14,19H,4-10H2,1-3H3. The molecule has 0 amide bonds. The molecule has 1 aliphatic rings. The minimum atomic E-state index is -4.03. The van der Waals surface area contributed by atoms with Crippen molar-refractivity contribution in [2.75, 3.05) is 6.54 Å². The number of hydrogen-bond acceptors (Lipinski definition) is 1. The first-order chi connectivity index (χ1) is 8.90. The number of alkyl halides is 3. The lowest BCUT2D eigenvalue weighted by molar-refractivity contribution is -0.199. The Morgan fingerprint density at radius 3 is 2.32 bits per heavy atom. The summed E-state index contributed by atoms with van der Waals surface area (Å²) >= 11 is 0. The van der Waals surface area contributed by atoms with Gasteiger partial charge in [-0.2, -0.15) is 13.2 Å². The van der Waals surface area contributed by atoms with E-state index < -0.39 is 12.1 Å². The molecule has 0 saturated heterocycles. The molecule has 0 heterocycles. The highest BCUT2D eigenvalue weighted by Crippen LogP contribution is 2.43. The fourth-order valence-electron chi connectivity index (χ4n) is 3.32. The normalized spacial score (nSPS) is 28.1. The fourth-order valence-corrected chi connectivity index (χ4v) is 3.32. The van der Waals surface area contributed by atoms with E-state index in [2.05, 4.69) is 19.2 Å². The highest BCUT2D eigenvalue weighted by atomic mass is 19.4. The van der Waals surface area contributed by atoms with Crippen molar-refractivity contribution >= 4 is 0 Å². The highest BCUT2D eigenvalue weighted by Gasteiger charge is 2.47. The second kappa shape index (κ2) is 7.51. The molecular formula is C15H28F3N. The number of nitrogens with one attached hydrogen (secondary N) is 1. The lowest BCUT2D eigenvalue weighted by atomic mass is 9.72. The Kier molecular flexibility index (Phi) is 6.64. The molecule has 0 aromatic rings. The van der Waals surface area contributed by atoms with Gasteiger partial charge in [0, 0.05) is 6.04 Å². The average molecular weight is 279 g/mol. The summed E-state index contributed by atoms with van der Waals surface area (Å²) in [6.07, 6.45) is 0.568. The van der Waals surface area contributed by atoms with E-state index in [1.807, 2.05) is 6.92 Å². The molecule has 1 nitrogen and oxygen atoms in total. The predicted molar refractivity (Wildman–Crippen MR) is 73.0 cm³/mol. The van der Waals surface area contributed by atoms with Crippen molar-refractivity contribution in [2.24, 2.45) is 17.8 Å². The zero-order chi connectivity index (χ0) is 14.5. The second-order valence-corrected chi connectivity index (χ2v) is 6.01. The van der Waals surface area contributed by atoms with Crippen LogP contribution in [0.4, 0.5) is 13.2 Å². The van der Waals surface area contributed by atoms with E-state index in [1.54, 1.807) is 0 Å². The third kappa shape index (κ3) is 4.97. The Morgan fingerprint density at radius 1 is 1.16 bits per heavy atom. The van der Waals surface area contributed by atoms with Crippen molar-refractivity contribution in [1.82, 2.24) is 5.32 Å². The predicted octanol–water partition coefficient (Wildman–Crippen LogP) is 4.77. The van der Waals surface area contributed by atoms with Crippen molar-refractivity contribution in [3.05, 3.63) is 0 Å². The van der Waals surface area contributed by atoms with E-state index in [1.165, 1.54) is 0 Å². The summed E-state index contributed by atoms with van der Waals surface area (Å²) in [6, 6.07) is 0.0203. The molecule has 0 bridgehead atoms. The molecule has 1 saturated carbocycles. The maximum Gasteiger partial charge on any atom is 0.392 e. The summed E-state index contributed by atoms with van der Waals surface area (Å²) in [6.45, 7) is 6.97. The first-order valence-electron chi connectivity index (χ1n) is 7.70. The molecule has 1 rings (SSSR count). The van der Waals surface area contributed by atoms with Gasteiger partial charge >= 0.3 is 6.18 Å². The lowest BCUT2D eigenvalue weighted by Gasteiger charge is -2.39. The van der Waals surface area contributed by atoms with Crippen molar-refractivity contribution in [2.45, 2.75) is 71.5 Å². The Bertz CT molecular complexity index is 252. The van der Waals surface area contributed by atoms with Crippen LogP contribution >= 0.6 is 0 Å². The van der Waals surface area contributed by atoms with Crippen LogP contribution < -0.4 is 5.32 Å². The van der Waals surface area contributed by atoms with Crippen LogP contribution in [-0.2, 0) is 0 Å². The monoisotopic (exact) mass is 279 g/mol. The van der Waals surface area contributed by atoms with Gasteiger partial charge in [-0.15, -0.1) is 0 Å². The van der Waals surface area contributed by atoms with Crippen LogP contribution in [0.1, 0.15) is 59.3 Å². The van der Waals surface area contributed by atoms with Crippen molar-refractivity contribution in [1.29, 1.82) is 0 Å². The van der Waals surface area contributed by atoms with Gasteiger partial charge in [0.25, 0.3) is 0 Å². The van der Waals surface area contributed by atoms with Gasteiger partial charge in [-0.1, -0.05) is 40.0 Å². The summed E-state index contributed by atoms with van der Waals surface area (Å²) in [5.74, 6) is -0.850. The van der Waals surface area contributed by atoms with Gasteiger partial charge in [0.2, 0.25) is 0 Å². The molecule has 4 heteroatoms. The Hall–Kier alpha value is -0.250. The van der Waals surface area contributed by atoms with Crippen LogP contribution in [0.5, 0.6) is 0 Å². The largest absolute Gasteiger partial charge is 0.392 e. The second-order valence-electron chi connectivity index (χ2n) is 6.01. The summed E-state index contributed by atoms with van der Waals surface area (Å²) < 4.78 is 39.6. The van der Waals surface area contributed by atoms with Gasteiger partial charge in [-0.3, -0.25) is 0 Å². The Morgan fingerprint density at radius 2 is 1.79 bits per heavy atom. The van der Waals surface area contributed by atoms with Crippen LogP contribution in [0, 0.1) is 17.8 Å². The molecule has 19 heavy (non-hydrogen) atoms. The molecule has 0 aliphatic heterocycles. The van der Waals surface area contributed by atoms with Gasteiger partial charge in [-0.25, -0.2) is 0 Å². The minimum absolute atomic E-state index is 0.0203. The topological polar surface area (TPSA) is 12.0 Å². The lowest BCUT2D eigenvalue weighted by Crippen LogP contribution is -2.46. The van der Waals surface area contributed by atoms with Crippen LogP contribution in [0.15, 0.2) is 0 Å². The molecule has 0 radical (unpaired) electrons. The number of halogens is 3. The Balaban J connectivity index is 2.78. The van der Waals surface area contributed by atoms with Crippen LogP contribution in [0.2, 0.25) is 0 Å². The Labute approximate surface area is 115 Å². The molecule has 1 fully saturated rings. The van der Waals surface area contributed by atoms with E-state index in [4.69, 9.17) is 0 Å². The summed E-state index contributed by atoms with van der Waals surface area (Å²) in [5.41, 5.74) is 0. The molecule has 0 aromatic carbocycles. The first-order valence-corrected chi connectivity index (χ1v) is 7.70. The van der Waals surface area contributed by atoms with Crippen LogP contribution in [0.25, 0.3) is 0 Å². The average Bonchev–Trinajstić information content (AvgIpc) is 2.37. The molecule has 114 valence electrons. The van der Waals surface area contributed by atoms with Gasteiger partial charge < -0.3 is 5.32 Å². The quantitative estimate of drug-likeness (QED) is 0.738. The van der Waals surface area contributed by atoms with Crippen molar-refractivity contribution in [3.63, 3.8) is 0 Å². The minimum Gasteiger partial charge on any atom is -0.314 e. The summed E-state index contributed by atoms with van der Waals surface area (Å²) in [5, 5.41) is 3.32. The van der Waals surface area contributed by atoms with E-state index in [9.17, 15) is 13.2 Å². The first kappa shape index (κ1) is 16.8. The fraction of sp³-hybridized carbons (Fsp3) is 1.00. The summed E-state index contributed by atoms with van der Waals surface area (Å²) in [7, 11) is 0.